The first kappa shape index (κ1) is 8.43. The third-order valence-corrected chi connectivity index (χ3v) is 2.38. The third kappa shape index (κ3) is 2.13. The molecule has 0 aliphatic carbocycles. The van der Waals surface area contributed by atoms with Crippen LogP contribution in [0.15, 0.2) is 6.08 Å². The van der Waals surface area contributed by atoms with Crippen LogP contribution >= 0.6 is 11.3 Å². The second-order valence-electron chi connectivity index (χ2n) is 2.32. The smallest absolute Gasteiger partial charge is 0.0903 e. The van der Waals surface area contributed by atoms with Crippen molar-refractivity contribution >= 4 is 17.4 Å². The van der Waals surface area contributed by atoms with Crippen molar-refractivity contribution in [1.29, 1.82) is 0 Å². The van der Waals surface area contributed by atoms with Crippen LogP contribution in [0.5, 0.6) is 0 Å². The molecule has 0 saturated carbocycles. The molecule has 1 heterocycles. The molecule has 0 aromatic carbocycles. The minimum absolute atomic E-state index is 0.594. The van der Waals surface area contributed by atoms with E-state index < -0.39 is 0 Å². The van der Waals surface area contributed by atoms with Crippen LogP contribution in [-0.2, 0) is 0 Å². The first-order valence-corrected chi connectivity index (χ1v) is 4.36. The van der Waals surface area contributed by atoms with Gasteiger partial charge in [-0.3, -0.25) is 0 Å². The molecule has 2 N–H and O–H groups in total. The monoisotopic (exact) mass is 168 g/mol. The Morgan fingerprint density at radius 1 is 1.55 bits per heavy atom. The van der Waals surface area contributed by atoms with E-state index in [1.165, 1.54) is 4.88 Å². The van der Waals surface area contributed by atoms with Crippen LogP contribution in [-0.4, -0.2) is 11.5 Å². The summed E-state index contributed by atoms with van der Waals surface area (Å²) in [4.78, 5) is 5.51. The normalized spacial score (nSPS) is 11.2. The van der Waals surface area contributed by atoms with Gasteiger partial charge in [-0.25, -0.2) is 4.98 Å². The quantitative estimate of drug-likeness (QED) is 0.730. The predicted molar refractivity (Wildman–Crippen MR) is 49.7 cm³/mol. The van der Waals surface area contributed by atoms with Crippen molar-refractivity contribution in [2.75, 3.05) is 6.54 Å². The van der Waals surface area contributed by atoms with Crippen molar-refractivity contribution < 1.29 is 0 Å². The third-order valence-electron chi connectivity index (χ3n) is 1.34. The fourth-order valence-corrected chi connectivity index (χ4v) is 1.74. The summed E-state index contributed by atoms with van der Waals surface area (Å²) in [5.74, 6) is 0. The number of aromatic nitrogens is 1. The zero-order chi connectivity index (χ0) is 8.27. The van der Waals surface area contributed by atoms with Crippen LogP contribution in [0.1, 0.15) is 15.6 Å². The van der Waals surface area contributed by atoms with Gasteiger partial charge in [0.05, 0.1) is 10.7 Å². The molecule has 0 fully saturated rings. The van der Waals surface area contributed by atoms with E-state index in [1.54, 1.807) is 11.3 Å². The highest BCUT2D eigenvalue weighted by Gasteiger charge is 1.98. The van der Waals surface area contributed by atoms with E-state index in [0.29, 0.717) is 6.54 Å². The Kier molecular flexibility index (Phi) is 2.79. The highest BCUT2D eigenvalue weighted by Crippen LogP contribution is 2.17. The molecular formula is C8H12N2S. The van der Waals surface area contributed by atoms with Gasteiger partial charge >= 0.3 is 0 Å². The SMILES string of the molecule is Cc1nc(C)c(C=CCN)s1. The van der Waals surface area contributed by atoms with E-state index in [0.717, 1.165) is 10.7 Å². The summed E-state index contributed by atoms with van der Waals surface area (Å²) in [5.41, 5.74) is 6.43. The van der Waals surface area contributed by atoms with Gasteiger partial charge in [0.1, 0.15) is 0 Å². The molecule has 60 valence electrons. The largest absolute Gasteiger partial charge is 0.327 e. The predicted octanol–water partition coefficient (Wildman–Crippen LogP) is 1.73. The molecule has 0 aliphatic rings. The Balaban J connectivity index is 2.85. The molecule has 0 spiro atoms. The summed E-state index contributed by atoms with van der Waals surface area (Å²) in [5, 5.41) is 1.11. The van der Waals surface area contributed by atoms with Gasteiger partial charge in [-0.1, -0.05) is 6.08 Å². The highest BCUT2D eigenvalue weighted by molar-refractivity contribution is 7.12. The first-order chi connectivity index (χ1) is 5.24. The lowest BCUT2D eigenvalue weighted by atomic mass is 10.3. The van der Waals surface area contributed by atoms with Crippen molar-refractivity contribution in [3.63, 3.8) is 0 Å². The molecule has 1 aromatic heterocycles. The molecule has 1 aromatic rings. The number of hydrogen-bond acceptors (Lipinski definition) is 3. The van der Waals surface area contributed by atoms with E-state index in [1.807, 2.05) is 26.0 Å². The van der Waals surface area contributed by atoms with E-state index in [9.17, 15) is 0 Å². The Labute approximate surface area is 70.8 Å². The fourth-order valence-electron chi connectivity index (χ4n) is 0.877. The standard InChI is InChI=1S/C8H12N2S/c1-6-8(4-3-5-9)11-7(2)10-6/h3-4H,5,9H2,1-2H3. The topological polar surface area (TPSA) is 38.9 Å². The van der Waals surface area contributed by atoms with E-state index >= 15 is 0 Å². The van der Waals surface area contributed by atoms with Gasteiger partial charge in [-0.15, -0.1) is 11.3 Å². The number of nitrogens with two attached hydrogens (primary N) is 1. The Bertz CT molecular complexity index is 263. The van der Waals surface area contributed by atoms with E-state index in [-0.39, 0.29) is 0 Å². The molecule has 0 amide bonds. The molecule has 0 saturated heterocycles. The van der Waals surface area contributed by atoms with E-state index in [2.05, 4.69) is 4.98 Å². The molecule has 2 nitrogen and oxygen atoms in total. The van der Waals surface area contributed by atoms with Gasteiger partial charge in [-0.05, 0) is 19.9 Å². The lowest BCUT2D eigenvalue weighted by Crippen LogP contribution is -1.91. The summed E-state index contributed by atoms with van der Waals surface area (Å²) in [7, 11) is 0. The van der Waals surface area contributed by atoms with Gasteiger partial charge < -0.3 is 5.73 Å². The average molecular weight is 168 g/mol. The summed E-state index contributed by atoms with van der Waals surface area (Å²) < 4.78 is 0. The minimum Gasteiger partial charge on any atom is -0.327 e. The first-order valence-electron chi connectivity index (χ1n) is 3.54. The molecule has 0 atom stereocenters. The number of aryl methyl sites for hydroxylation is 2. The average Bonchev–Trinajstić information content (AvgIpc) is 2.26. The van der Waals surface area contributed by atoms with Crippen molar-refractivity contribution in [3.8, 4) is 0 Å². The number of rotatable bonds is 2. The maximum Gasteiger partial charge on any atom is 0.0903 e. The molecule has 11 heavy (non-hydrogen) atoms. The zero-order valence-electron chi connectivity index (χ0n) is 6.79. The molecule has 0 bridgehead atoms. The molecule has 3 heteroatoms. The van der Waals surface area contributed by atoms with Crippen LogP contribution in [0.25, 0.3) is 6.08 Å². The molecule has 0 aliphatic heterocycles. The lowest BCUT2D eigenvalue weighted by molar-refractivity contribution is 1.19. The van der Waals surface area contributed by atoms with Gasteiger partial charge in [0.15, 0.2) is 0 Å². The minimum atomic E-state index is 0.594. The maximum atomic E-state index is 5.33. The molecule has 1 rings (SSSR count). The van der Waals surface area contributed by atoms with Gasteiger partial charge in [0, 0.05) is 11.4 Å². The number of thiazole rings is 1. The number of nitrogens with zero attached hydrogens (tertiary/aromatic N) is 1. The second kappa shape index (κ2) is 3.64. The molecule has 0 unspecified atom stereocenters. The fraction of sp³-hybridized carbons (Fsp3) is 0.375. The summed E-state index contributed by atoms with van der Waals surface area (Å²) >= 11 is 1.70. The lowest BCUT2D eigenvalue weighted by Gasteiger charge is -1.84. The van der Waals surface area contributed by atoms with Gasteiger partial charge in [-0.2, -0.15) is 0 Å². The van der Waals surface area contributed by atoms with Crippen molar-refractivity contribution in [3.05, 3.63) is 21.7 Å². The maximum absolute atomic E-state index is 5.33. The van der Waals surface area contributed by atoms with Crippen LogP contribution in [0.2, 0.25) is 0 Å². The Morgan fingerprint density at radius 3 is 2.73 bits per heavy atom. The van der Waals surface area contributed by atoms with Crippen LogP contribution in [0, 0.1) is 13.8 Å². The van der Waals surface area contributed by atoms with Crippen molar-refractivity contribution in [1.82, 2.24) is 4.98 Å². The van der Waals surface area contributed by atoms with Crippen molar-refractivity contribution in [2.45, 2.75) is 13.8 Å². The second-order valence-corrected chi connectivity index (χ2v) is 3.56. The number of hydrogen-bond donors (Lipinski definition) is 1. The van der Waals surface area contributed by atoms with Gasteiger partial charge in [0.25, 0.3) is 0 Å². The Hall–Kier alpha value is -0.670. The van der Waals surface area contributed by atoms with Crippen LogP contribution in [0.3, 0.4) is 0 Å². The zero-order valence-corrected chi connectivity index (χ0v) is 7.61. The Morgan fingerprint density at radius 2 is 2.27 bits per heavy atom. The van der Waals surface area contributed by atoms with Gasteiger partial charge in [0.2, 0.25) is 0 Å². The molecule has 0 radical (unpaired) electrons. The van der Waals surface area contributed by atoms with E-state index in [4.69, 9.17) is 5.73 Å². The summed E-state index contributed by atoms with van der Waals surface area (Å²) in [6.07, 6.45) is 3.97. The molecular weight excluding hydrogens is 156 g/mol. The summed E-state index contributed by atoms with van der Waals surface area (Å²) in [6, 6.07) is 0. The van der Waals surface area contributed by atoms with Crippen molar-refractivity contribution in [2.24, 2.45) is 5.73 Å². The summed E-state index contributed by atoms with van der Waals surface area (Å²) in [6.45, 7) is 4.62. The highest BCUT2D eigenvalue weighted by atomic mass is 32.1. The van der Waals surface area contributed by atoms with Crippen LogP contribution < -0.4 is 5.73 Å². The van der Waals surface area contributed by atoms with Crippen LogP contribution in [0.4, 0.5) is 0 Å².